The van der Waals surface area contributed by atoms with Crippen molar-refractivity contribution in [2.75, 3.05) is 31.1 Å². The van der Waals surface area contributed by atoms with Crippen LogP contribution >= 0.6 is 24.0 Å². The van der Waals surface area contributed by atoms with Crippen LogP contribution in [0.5, 0.6) is 5.75 Å². The number of halogens is 1. The Kier molecular flexibility index (Phi) is 12.6. The van der Waals surface area contributed by atoms with E-state index in [1.165, 1.54) is 0 Å². The molecule has 0 aliphatic carbocycles. The molecule has 0 fully saturated rings. The van der Waals surface area contributed by atoms with Gasteiger partial charge in [-0.25, -0.2) is 8.42 Å². The van der Waals surface area contributed by atoms with Gasteiger partial charge in [0, 0.05) is 18.8 Å². The summed E-state index contributed by atoms with van der Waals surface area (Å²) in [5.74, 6) is 1.41. The van der Waals surface area contributed by atoms with E-state index in [1.54, 1.807) is 6.92 Å². The van der Waals surface area contributed by atoms with Crippen molar-refractivity contribution in [2.45, 2.75) is 39.9 Å². The van der Waals surface area contributed by atoms with E-state index in [9.17, 15) is 13.5 Å². The molecule has 0 aliphatic rings. The summed E-state index contributed by atoms with van der Waals surface area (Å²) >= 11 is 0. The molecule has 0 spiro atoms. The highest BCUT2D eigenvalue weighted by Gasteiger charge is 2.10. The minimum Gasteiger partial charge on any atom is -0.491 e. The van der Waals surface area contributed by atoms with Gasteiger partial charge in [-0.15, -0.1) is 24.0 Å². The van der Waals surface area contributed by atoms with Gasteiger partial charge in [-0.1, -0.05) is 19.1 Å². The van der Waals surface area contributed by atoms with Crippen molar-refractivity contribution in [1.29, 1.82) is 0 Å². The Labute approximate surface area is 179 Å². The van der Waals surface area contributed by atoms with Crippen molar-refractivity contribution < 1.29 is 18.3 Å². The topological polar surface area (TPSA) is 100 Å². The van der Waals surface area contributed by atoms with Gasteiger partial charge in [0.05, 0.1) is 24.5 Å². The SMILES string of the molecule is CCNC(=NCC(O)c1ccc(OC(C)C)cc1)NCCS(=O)(=O)CC.I. The summed E-state index contributed by atoms with van der Waals surface area (Å²) in [5, 5.41) is 16.3. The number of aliphatic imine (C=N–C) groups is 1. The van der Waals surface area contributed by atoms with Crippen LogP contribution in [0, 0.1) is 0 Å². The molecule has 0 saturated heterocycles. The molecule has 27 heavy (non-hydrogen) atoms. The number of hydrogen-bond acceptors (Lipinski definition) is 5. The van der Waals surface area contributed by atoms with Gasteiger partial charge in [-0.05, 0) is 38.5 Å². The predicted molar refractivity (Wildman–Crippen MR) is 121 cm³/mol. The number of benzene rings is 1. The van der Waals surface area contributed by atoms with Gasteiger partial charge in [0.15, 0.2) is 15.8 Å². The Hall–Kier alpha value is -1.07. The third kappa shape index (κ3) is 10.7. The van der Waals surface area contributed by atoms with Crippen LogP contribution in [-0.4, -0.2) is 56.7 Å². The number of rotatable bonds is 10. The molecular formula is C18H32IN3O4S. The Morgan fingerprint density at radius 3 is 2.33 bits per heavy atom. The molecule has 0 radical (unpaired) electrons. The summed E-state index contributed by atoms with van der Waals surface area (Å²) in [6, 6.07) is 7.26. The molecule has 0 saturated carbocycles. The number of hydrogen-bond donors (Lipinski definition) is 3. The second-order valence-corrected chi connectivity index (χ2v) is 8.61. The molecule has 1 aromatic rings. The van der Waals surface area contributed by atoms with Crippen molar-refractivity contribution in [3.05, 3.63) is 29.8 Å². The summed E-state index contributed by atoms with van der Waals surface area (Å²) in [4.78, 5) is 4.32. The zero-order valence-corrected chi connectivity index (χ0v) is 19.6. The molecule has 3 N–H and O–H groups in total. The maximum Gasteiger partial charge on any atom is 0.191 e. The second kappa shape index (κ2) is 13.2. The molecule has 9 heteroatoms. The van der Waals surface area contributed by atoms with E-state index in [2.05, 4.69) is 15.6 Å². The number of sulfone groups is 1. The average Bonchev–Trinajstić information content (AvgIpc) is 2.59. The molecule has 1 rings (SSSR count). The molecular weight excluding hydrogens is 481 g/mol. The lowest BCUT2D eigenvalue weighted by Gasteiger charge is -2.14. The molecule has 156 valence electrons. The zero-order valence-electron chi connectivity index (χ0n) is 16.4. The minimum atomic E-state index is -3.02. The zero-order chi connectivity index (χ0) is 19.6. The first kappa shape index (κ1) is 25.9. The standard InChI is InChI=1S/C18H31N3O4S.HI/c1-5-19-18(20-11-12-26(23,24)6-2)21-13-17(22)15-7-9-16(10-8-15)25-14(3)4;/h7-10,14,17,22H,5-6,11-13H2,1-4H3,(H2,19,20,21);1H. The molecule has 1 atom stereocenters. The highest BCUT2D eigenvalue weighted by Crippen LogP contribution is 2.19. The summed E-state index contributed by atoms with van der Waals surface area (Å²) in [6.45, 7) is 8.55. The molecule has 1 aromatic carbocycles. The van der Waals surface area contributed by atoms with E-state index in [0.29, 0.717) is 12.5 Å². The van der Waals surface area contributed by atoms with Crippen LogP contribution < -0.4 is 15.4 Å². The van der Waals surface area contributed by atoms with Crippen LogP contribution in [0.15, 0.2) is 29.3 Å². The fourth-order valence-electron chi connectivity index (χ4n) is 2.13. The van der Waals surface area contributed by atoms with Crippen molar-refractivity contribution >= 4 is 39.8 Å². The van der Waals surface area contributed by atoms with E-state index < -0.39 is 15.9 Å². The fraction of sp³-hybridized carbons (Fsp3) is 0.611. The van der Waals surface area contributed by atoms with Crippen molar-refractivity contribution in [1.82, 2.24) is 10.6 Å². The largest absolute Gasteiger partial charge is 0.491 e. The normalized spacial score (nSPS) is 13.0. The summed E-state index contributed by atoms with van der Waals surface area (Å²) in [6.07, 6.45) is -0.654. The maximum absolute atomic E-state index is 11.5. The lowest BCUT2D eigenvalue weighted by atomic mass is 10.1. The van der Waals surface area contributed by atoms with Gasteiger partial charge < -0.3 is 20.5 Å². The number of nitrogens with one attached hydrogen (secondary N) is 2. The Bertz CT molecular complexity index is 664. The van der Waals surface area contributed by atoms with Crippen LogP contribution in [0.1, 0.15) is 39.4 Å². The number of aliphatic hydroxyl groups excluding tert-OH is 1. The first-order valence-corrected chi connectivity index (χ1v) is 10.8. The van der Waals surface area contributed by atoms with Crippen LogP contribution in [0.25, 0.3) is 0 Å². The smallest absolute Gasteiger partial charge is 0.191 e. The Morgan fingerprint density at radius 1 is 1.19 bits per heavy atom. The first-order valence-electron chi connectivity index (χ1n) is 8.94. The Balaban J connectivity index is 0.00000676. The third-order valence-electron chi connectivity index (χ3n) is 3.55. The van der Waals surface area contributed by atoms with E-state index in [-0.39, 0.29) is 54.7 Å². The number of nitrogens with zero attached hydrogens (tertiary/aromatic N) is 1. The average molecular weight is 513 g/mol. The molecule has 0 aromatic heterocycles. The Morgan fingerprint density at radius 2 is 1.81 bits per heavy atom. The van der Waals surface area contributed by atoms with Crippen molar-refractivity contribution in [3.63, 3.8) is 0 Å². The van der Waals surface area contributed by atoms with E-state index in [1.807, 2.05) is 45.0 Å². The molecule has 1 unspecified atom stereocenters. The van der Waals surface area contributed by atoms with Crippen molar-refractivity contribution in [3.8, 4) is 5.75 Å². The van der Waals surface area contributed by atoms with Crippen LogP contribution in [0.2, 0.25) is 0 Å². The number of ether oxygens (including phenoxy) is 1. The summed E-state index contributed by atoms with van der Waals surface area (Å²) < 4.78 is 28.6. The van der Waals surface area contributed by atoms with Crippen molar-refractivity contribution in [2.24, 2.45) is 4.99 Å². The predicted octanol–water partition coefficient (Wildman–Crippen LogP) is 2.12. The second-order valence-electron chi connectivity index (χ2n) is 6.13. The first-order chi connectivity index (χ1) is 12.3. The molecule has 0 aliphatic heterocycles. The lowest BCUT2D eigenvalue weighted by molar-refractivity contribution is 0.186. The van der Waals surface area contributed by atoms with Gasteiger partial charge in [0.25, 0.3) is 0 Å². The monoisotopic (exact) mass is 513 g/mol. The highest BCUT2D eigenvalue weighted by atomic mass is 127. The minimum absolute atomic E-state index is 0. The van der Waals surface area contributed by atoms with Gasteiger partial charge in [0.1, 0.15) is 5.75 Å². The molecule has 7 nitrogen and oxygen atoms in total. The lowest BCUT2D eigenvalue weighted by Crippen LogP contribution is -2.40. The van der Waals surface area contributed by atoms with Crippen LogP contribution in [0.4, 0.5) is 0 Å². The van der Waals surface area contributed by atoms with E-state index in [0.717, 1.165) is 11.3 Å². The summed E-state index contributed by atoms with van der Waals surface area (Å²) in [7, 11) is -3.02. The number of aliphatic hydroxyl groups is 1. The van der Waals surface area contributed by atoms with Crippen LogP contribution in [0.3, 0.4) is 0 Å². The van der Waals surface area contributed by atoms with E-state index >= 15 is 0 Å². The number of guanidine groups is 1. The van der Waals surface area contributed by atoms with Crippen LogP contribution in [-0.2, 0) is 9.84 Å². The summed E-state index contributed by atoms with van der Waals surface area (Å²) in [5.41, 5.74) is 0.745. The van der Waals surface area contributed by atoms with Gasteiger partial charge in [-0.3, -0.25) is 4.99 Å². The quantitative estimate of drug-likeness (QED) is 0.252. The molecule has 0 amide bonds. The maximum atomic E-state index is 11.5. The third-order valence-corrected chi connectivity index (χ3v) is 5.25. The van der Waals surface area contributed by atoms with Gasteiger partial charge in [-0.2, -0.15) is 0 Å². The highest BCUT2D eigenvalue weighted by molar-refractivity contribution is 14.0. The van der Waals surface area contributed by atoms with Gasteiger partial charge in [0.2, 0.25) is 0 Å². The molecule has 0 heterocycles. The molecule has 0 bridgehead atoms. The fourth-order valence-corrected chi connectivity index (χ4v) is 2.84. The van der Waals surface area contributed by atoms with E-state index in [4.69, 9.17) is 4.74 Å². The van der Waals surface area contributed by atoms with Gasteiger partial charge >= 0.3 is 0 Å².